The van der Waals surface area contributed by atoms with E-state index < -0.39 is 6.10 Å². The molecule has 27 heavy (non-hydrogen) atoms. The normalized spacial score (nSPS) is 18.6. The Morgan fingerprint density at radius 1 is 1.07 bits per heavy atom. The summed E-state index contributed by atoms with van der Waals surface area (Å²) in [6, 6.07) is 12.5. The first-order valence-electron chi connectivity index (χ1n) is 9.26. The minimum absolute atomic E-state index is 0.0343. The van der Waals surface area contributed by atoms with Crippen LogP contribution >= 0.6 is 11.6 Å². The molecule has 0 aromatic heterocycles. The van der Waals surface area contributed by atoms with Crippen molar-refractivity contribution in [2.75, 3.05) is 18.4 Å². The summed E-state index contributed by atoms with van der Waals surface area (Å²) in [5.74, 6) is 0.381. The third-order valence-corrected chi connectivity index (χ3v) is 5.28. The van der Waals surface area contributed by atoms with Crippen molar-refractivity contribution in [3.05, 3.63) is 58.6 Å². The molecular formula is C21H21ClN2O3. The van der Waals surface area contributed by atoms with Gasteiger partial charge in [0.2, 0.25) is 0 Å². The van der Waals surface area contributed by atoms with Crippen LogP contribution in [-0.2, 0) is 11.2 Å². The number of nitrogens with zero attached hydrogens (tertiary/aromatic N) is 1. The third kappa shape index (κ3) is 3.78. The lowest BCUT2D eigenvalue weighted by Gasteiger charge is -2.27. The number of carbonyl (C=O) groups excluding carboxylic acids is 2. The molecule has 0 aliphatic carbocycles. The monoisotopic (exact) mass is 384 g/mol. The first kappa shape index (κ1) is 17.9. The lowest BCUT2D eigenvalue weighted by atomic mass is 10.1. The van der Waals surface area contributed by atoms with E-state index in [1.165, 1.54) is 0 Å². The number of hydrogen-bond acceptors (Lipinski definition) is 3. The van der Waals surface area contributed by atoms with E-state index in [9.17, 15) is 9.59 Å². The summed E-state index contributed by atoms with van der Waals surface area (Å²) >= 11 is 6.01. The van der Waals surface area contributed by atoms with Crippen molar-refractivity contribution < 1.29 is 14.3 Å². The fourth-order valence-electron chi connectivity index (χ4n) is 3.62. The summed E-state index contributed by atoms with van der Waals surface area (Å²) in [6.45, 7) is 1.53. The number of anilines is 1. The Morgan fingerprint density at radius 2 is 1.85 bits per heavy atom. The maximum atomic E-state index is 12.9. The van der Waals surface area contributed by atoms with Gasteiger partial charge in [-0.05, 0) is 55.2 Å². The van der Waals surface area contributed by atoms with Crippen LogP contribution in [-0.4, -0.2) is 35.9 Å². The van der Waals surface area contributed by atoms with Crippen molar-refractivity contribution in [2.45, 2.75) is 31.8 Å². The molecule has 0 radical (unpaired) electrons. The second kappa shape index (κ2) is 7.61. The van der Waals surface area contributed by atoms with Gasteiger partial charge in [-0.1, -0.05) is 23.7 Å². The smallest absolute Gasteiger partial charge is 0.265 e. The maximum Gasteiger partial charge on any atom is 0.265 e. The molecule has 2 heterocycles. The minimum atomic E-state index is -0.628. The lowest BCUT2D eigenvalue weighted by molar-refractivity contribution is -0.122. The van der Waals surface area contributed by atoms with E-state index in [-0.39, 0.29) is 11.8 Å². The van der Waals surface area contributed by atoms with Gasteiger partial charge >= 0.3 is 0 Å². The fourth-order valence-corrected chi connectivity index (χ4v) is 3.82. The van der Waals surface area contributed by atoms with E-state index in [2.05, 4.69) is 5.32 Å². The van der Waals surface area contributed by atoms with E-state index in [0.717, 1.165) is 37.9 Å². The van der Waals surface area contributed by atoms with Crippen LogP contribution in [0.15, 0.2) is 42.5 Å². The van der Waals surface area contributed by atoms with E-state index in [1.54, 1.807) is 24.3 Å². The molecule has 2 aromatic carbocycles. The number of amides is 2. The number of fused-ring (bicyclic) bond motifs is 1. The number of carbonyl (C=O) groups is 2. The molecule has 1 fully saturated rings. The Morgan fingerprint density at radius 3 is 2.67 bits per heavy atom. The molecule has 1 saturated heterocycles. The predicted molar refractivity (Wildman–Crippen MR) is 104 cm³/mol. The van der Waals surface area contributed by atoms with Gasteiger partial charge in [0.15, 0.2) is 6.10 Å². The molecule has 4 rings (SSSR count). The van der Waals surface area contributed by atoms with Crippen LogP contribution in [0.4, 0.5) is 5.69 Å². The van der Waals surface area contributed by atoms with E-state index >= 15 is 0 Å². The van der Waals surface area contributed by atoms with Crippen molar-refractivity contribution in [1.29, 1.82) is 0 Å². The molecule has 6 heteroatoms. The summed E-state index contributed by atoms with van der Waals surface area (Å²) in [6.07, 6.45) is 3.04. The Kier molecular flexibility index (Phi) is 5.03. The van der Waals surface area contributed by atoms with Crippen LogP contribution in [0.25, 0.3) is 0 Å². The van der Waals surface area contributed by atoms with Crippen LogP contribution < -0.4 is 10.1 Å². The number of benzene rings is 2. The molecule has 1 unspecified atom stereocenters. The van der Waals surface area contributed by atoms with Crippen molar-refractivity contribution in [2.24, 2.45) is 0 Å². The van der Waals surface area contributed by atoms with Gasteiger partial charge in [-0.15, -0.1) is 0 Å². The van der Waals surface area contributed by atoms with Crippen LogP contribution in [0.3, 0.4) is 0 Å². The second-order valence-corrected chi connectivity index (χ2v) is 7.39. The Labute approximate surface area is 163 Å². The number of nitrogens with one attached hydrogen (secondary N) is 1. The summed E-state index contributed by atoms with van der Waals surface area (Å²) in [7, 11) is 0. The summed E-state index contributed by atoms with van der Waals surface area (Å²) < 4.78 is 5.75. The van der Waals surface area contributed by atoms with Crippen LogP contribution in [0.5, 0.6) is 5.75 Å². The number of ether oxygens (including phenoxy) is 1. The zero-order valence-electron chi connectivity index (χ0n) is 14.9. The van der Waals surface area contributed by atoms with Gasteiger partial charge < -0.3 is 15.0 Å². The first-order valence-corrected chi connectivity index (χ1v) is 9.64. The van der Waals surface area contributed by atoms with Crippen molar-refractivity contribution in [3.8, 4) is 5.75 Å². The molecular weight excluding hydrogens is 364 g/mol. The summed E-state index contributed by atoms with van der Waals surface area (Å²) in [4.78, 5) is 27.5. The lowest BCUT2D eigenvalue weighted by Crippen LogP contribution is -2.37. The fraction of sp³-hybridized carbons (Fsp3) is 0.333. The Balaban J connectivity index is 1.48. The van der Waals surface area contributed by atoms with Crippen LogP contribution in [0.2, 0.25) is 5.02 Å². The molecule has 140 valence electrons. The summed E-state index contributed by atoms with van der Waals surface area (Å²) in [5.41, 5.74) is 1.96. The van der Waals surface area contributed by atoms with Gasteiger partial charge in [-0.3, -0.25) is 9.59 Å². The van der Waals surface area contributed by atoms with Crippen molar-refractivity contribution >= 4 is 29.1 Å². The number of likely N-dealkylation sites (tertiary alicyclic amines) is 1. The molecule has 2 aromatic rings. The second-order valence-electron chi connectivity index (χ2n) is 6.95. The maximum absolute atomic E-state index is 12.9. The molecule has 2 aliphatic heterocycles. The quantitative estimate of drug-likeness (QED) is 0.872. The topological polar surface area (TPSA) is 58.6 Å². The predicted octanol–water partition coefficient (Wildman–Crippen LogP) is 3.91. The molecule has 5 nitrogen and oxygen atoms in total. The molecule has 0 bridgehead atoms. The zero-order valence-corrected chi connectivity index (χ0v) is 15.7. The number of para-hydroxylation sites is 1. The minimum Gasteiger partial charge on any atom is -0.480 e. The van der Waals surface area contributed by atoms with Gasteiger partial charge in [0.25, 0.3) is 11.8 Å². The van der Waals surface area contributed by atoms with Gasteiger partial charge in [0.1, 0.15) is 5.75 Å². The highest BCUT2D eigenvalue weighted by atomic mass is 35.5. The van der Waals surface area contributed by atoms with E-state index in [4.69, 9.17) is 16.3 Å². The number of rotatable bonds is 3. The van der Waals surface area contributed by atoms with Crippen molar-refractivity contribution in [3.63, 3.8) is 0 Å². The zero-order chi connectivity index (χ0) is 18.8. The number of hydrogen-bond donors (Lipinski definition) is 1. The first-order chi connectivity index (χ1) is 13.1. The molecule has 0 saturated carbocycles. The Hall–Kier alpha value is -2.53. The molecule has 0 spiro atoms. The van der Waals surface area contributed by atoms with Gasteiger partial charge in [-0.2, -0.15) is 0 Å². The molecule has 2 aliphatic rings. The highest BCUT2D eigenvalue weighted by Crippen LogP contribution is 2.31. The third-order valence-electron chi connectivity index (χ3n) is 5.05. The molecule has 2 amide bonds. The average molecular weight is 385 g/mol. The van der Waals surface area contributed by atoms with Crippen molar-refractivity contribution in [1.82, 2.24) is 4.90 Å². The van der Waals surface area contributed by atoms with E-state index in [1.807, 2.05) is 23.1 Å². The highest BCUT2D eigenvalue weighted by Gasteiger charge is 2.30. The standard InChI is InChI=1S/C21H21ClN2O3/c22-15-8-9-18-14(12-15)13-19(27-18)20(25)23-17-7-3-2-6-16(17)21(26)24-10-4-1-5-11-24/h2-3,6-9,12,19H,1,4-5,10-11,13H2,(H,23,25). The average Bonchev–Trinajstić information content (AvgIpc) is 3.12. The number of piperidine rings is 1. The SMILES string of the molecule is O=C(Nc1ccccc1C(=O)N1CCCCC1)C1Cc2cc(Cl)ccc2O1. The van der Waals surface area contributed by atoms with Gasteiger partial charge in [0.05, 0.1) is 11.3 Å². The summed E-state index contributed by atoms with van der Waals surface area (Å²) in [5, 5.41) is 3.50. The van der Waals surface area contributed by atoms with Gasteiger partial charge in [0, 0.05) is 24.5 Å². The van der Waals surface area contributed by atoms with Crippen LogP contribution in [0, 0.1) is 0 Å². The Bertz CT molecular complexity index is 877. The highest BCUT2D eigenvalue weighted by molar-refractivity contribution is 6.30. The van der Waals surface area contributed by atoms with Gasteiger partial charge in [-0.25, -0.2) is 0 Å². The molecule has 1 N–H and O–H groups in total. The number of halogens is 1. The molecule has 1 atom stereocenters. The van der Waals surface area contributed by atoms with E-state index in [0.29, 0.717) is 28.4 Å². The largest absolute Gasteiger partial charge is 0.480 e. The van der Waals surface area contributed by atoms with Crippen LogP contribution in [0.1, 0.15) is 35.2 Å².